The number of phenolic OH excluding ortho intramolecular Hbond substituents is 1. The Bertz CT molecular complexity index is 1240. The van der Waals surface area contributed by atoms with Crippen molar-refractivity contribution in [3.05, 3.63) is 39.9 Å². The van der Waals surface area contributed by atoms with E-state index in [1.54, 1.807) is 0 Å². The highest BCUT2D eigenvalue weighted by Crippen LogP contribution is 2.53. The van der Waals surface area contributed by atoms with Gasteiger partial charge in [0.1, 0.15) is 22.8 Å². The molecule has 13 heteroatoms. The highest BCUT2D eigenvalue weighted by atomic mass is 35.5. The van der Waals surface area contributed by atoms with Gasteiger partial charge in [-0.2, -0.15) is 0 Å². The molecule has 35 heavy (non-hydrogen) atoms. The van der Waals surface area contributed by atoms with Crippen LogP contribution in [0.3, 0.4) is 0 Å². The van der Waals surface area contributed by atoms with Gasteiger partial charge >= 0.3 is 0 Å². The maximum Gasteiger partial charge on any atom is 0.255 e. The number of halogens is 2. The van der Waals surface area contributed by atoms with Gasteiger partial charge in [-0.1, -0.05) is 0 Å². The molecule has 188 valence electrons. The van der Waals surface area contributed by atoms with Gasteiger partial charge in [0, 0.05) is 11.5 Å². The Morgan fingerprint density at radius 2 is 1.91 bits per heavy atom. The first kappa shape index (κ1) is 26.1. The van der Waals surface area contributed by atoms with Gasteiger partial charge in [-0.25, -0.2) is 4.39 Å². The fourth-order valence-corrected chi connectivity index (χ4v) is 5.46. The van der Waals surface area contributed by atoms with Gasteiger partial charge in [0.2, 0.25) is 12.2 Å². The minimum absolute atomic E-state index is 0. The number of primary amides is 1. The number of nitrogens with zero attached hydrogens (tertiary/aromatic N) is 1. The number of likely N-dealkylation sites (N-methyl/N-ethyl adjacent to an activating group) is 1. The summed E-state index contributed by atoms with van der Waals surface area (Å²) >= 11 is 0. The normalized spacial score (nSPS) is 27.6. The minimum Gasteiger partial charge on any atom is -0.508 e. The SMILES string of the molecule is CN(C)C1C(=O)C(C(N)=O)=C(O)C2(O)C(=O)C3=C(O)c4c(cc(F)c(NC=O)c4O)CC3CC12.Cl. The van der Waals surface area contributed by atoms with Crippen molar-refractivity contribution in [1.29, 1.82) is 0 Å². The first-order valence-corrected chi connectivity index (χ1v) is 10.3. The van der Waals surface area contributed by atoms with E-state index in [2.05, 4.69) is 0 Å². The van der Waals surface area contributed by atoms with Gasteiger partial charge < -0.3 is 31.5 Å². The van der Waals surface area contributed by atoms with Gasteiger partial charge in [0.15, 0.2) is 23.0 Å². The van der Waals surface area contributed by atoms with E-state index in [0.717, 1.165) is 6.07 Å². The molecule has 2 amide bonds. The number of benzene rings is 1. The lowest BCUT2D eigenvalue weighted by molar-refractivity contribution is -0.153. The highest BCUT2D eigenvalue weighted by Gasteiger charge is 2.64. The number of aliphatic hydroxyl groups excluding tert-OH is 2. The van der Waals surface area contributed by atoms with Crippen LogP contribution in [0.15, 0.2) is 23.0 Å². The Morgan fingerprint density at radius 1 is 1.29 bits per heavy atom. The largest absolute Gasteiger partial charge is 0.508 e. The van der Waals surface area contributed by atoms with Crippen LogP contribution in [0.4, 0.5) is 10.1 Å². The maximum absolute atomic E-state index is 14.5. The van der Waals surface area contributed by atoms with E-state index in [1.807, 2.05) is 5.32 Å². The number of amides is 2. The number of carbonyl (C=O) groups excluding carboxylic acids is 4. The first-order chi connectivity index (χ1) is 15.9. The number of ketones is 2. The number of phenols is 1. The summed E-state index contributed by atoms with van der Waals surface area (Å²) in [6.45, 7) is 0. The third kappa shape index (κ3) is 3.39. The summed E-state index contributed by atoms with van der Waals surface area (Å²) in [5.41, 5.74) is 0.414. The molecule has 0 saturated heterocycles. The second-order valence-corrected chi connectivity index (χ2v) is 8.84. The van der Waals surface area contributed by atoms with Crippen molar-refractivity contribution in [3.8, 4) is 5.75 Å². The average Bonchev–Trinajstić information content (AvgIpc) is 2.73. The molecule has 1 fully saturated rings. The summed E-state index contributed by atoms with van der Waals surface area (Å²) in [5, 5.41) is 45.7. The van der Waals surface area contributed by atoms with Crippen LogP contribution in [0.25, 0.3) is 5.76 Å². The minimum atomic E-state index is -2.76. The Morgan fingerprint density at radius 3 is 2.46 bits per heavy atom. The molecule has 4 atom stereocenters. The predicted octanol–water partition coefficient (Wildman–Crippen LogP) is 0.0932. The van der Waals surface area contributed by atoms with E-state index in [0.29, 0.717) is 0 Å². The van der Waals surface area contributed by atoms with E-state index in [4.69, 9.17) is 5.73 Å². The zero-order valence-electron chi connectivity index (χ0n) is 18.5. The molecule has 0 aromatic heterocycles. The van der Waals surface area contributed by atoms with Crippen molar-refractivity contribution in [2.24, 2.45) is 17.6 Å². The van der Waals surface area contributed by atoms with E-state index in [-0.39, 0.29) is 48.4 Å². The Labute approximate surface area is 204 Å². The van der Waals surface area contributed by atoms with Crippen molar-refractivity contribution in [3.63, 3.8) is 0 Å². The molecule has 7 N–H and O–H groups in total. The third-order valence-electron chi connectivity index (χ3n) is 6.87. The van der Waals surface area contributed by atoms with Crippen LogP contribution < -0.4 is 11.1 Å². The number of nitrogens with one attached hydrogen (secondary N) is 1. The number of Topliss-reactive ketones (excluding diaryl/α,β-unsaturated/α-hetero) is 2. The summed E-state index contributed by atoms with van der Waals surface area (Å²) in [5.74, 6) is -9.18. The molecule has 11 nitrogen and oxygen atoms in total. The standard InChI is InChI=1S/C22H22FN3O8.ClH/c1-26(2)15-9-4-7-3-8-5-10(23)14(25-6-27)17(29)11(8)16(28)12(7)19(31)22(9,34)20(32)13(18(15)30)21(24)33;/h5-7,9,15,28-29,32,34H,3-4H2,1-2H3,(H2,24,33)(H,25,27);1H. The van der Waals surface area contributed by atoms with Crippen LogP contribution >= 0.6 is 12.4 Å². The molecule has 1 aromatic rings. The molecular weight excluding hydrogens is 489 g/mol. The molecule has 0 heterocycles. The van der Waals surface area contributed by atoms with Crippen LogP contribution in [-0.4, -0.2) is 74.9 Å². The number of rotatable bonds is 4. The molecule has 4 unspecified atom stereocenters. The predicted molar refractivity (Wildman–Crippen MR) is 121 cm³/mol. The molecular formula is C22H23ClFN3O8. The number of anilines is 1. The van der Waals surface area contributed by atoms with Crippen LogP contribution in [0.2, 0.25) is 0 Å². The second-order valence-electron chi connectivity index (χ2n) is 8.84. The third-order valence-corrected chi connectivity index (χ3v) is 6.87. The first-order valence-electron chi connectivity index (χ1n) is 10.3. The Hall–Kier alpha value is -3.48. The summed E-state index contributed by atoms with van der Waals surface area (Å²) in [6, 6.07) is -0.210. The number of hydrogen-bond donors (Lipinski definition) is 6. The summed E-state index contributed by atoms with van der Waals surface area (Å²) in [6.07, 6.45) is -0.0447. The number of nitrogens with two attached hydrogens (primary N) is 1. The molecule has 1 aromatic carbocycles. The van der Waals surface area contributed by atoms with Crippen molar-refractivity contribution < 1.29 is 44.0 Å². The van der Waals surface area contributed by atoms with Crippen molar-refractivity contribution in [2.75, 3.05) is 19.4 Å². The van der Waals surface area contributed by atoms with Gasteiger partial charge in [-0.3, -0.25) is 24.1 Å². The molecule has 1 saturated carbocycles. The number of carbonyl (C=O) groups is 4. The lowest BCUT2D eigenvalue weighted by atomic mass is 9.57. The van der Waals surface area contributed by atoms with E-state index >= 15 is 0 Å². The van der Waals surface area contributed by atoms with Crippen LogP contribution in [0, 0.1) is 17.7 Å². The molecule has 3 aliphatic carbocycles. The maximum atomic E-state index is 14.5. The second kappa shape index (κ2) is 8.63. The van der Waals surface area contributed by atoms with Crippen molar-refractivity contribution in [1.82, 2.24) is 4.90 Å². The molecule has 0 radical (unpaired) electrons. The highest BCUT2D eigenvalue weighted by molar-refractivity contribution is 6.24. The van der Waals surface area contributed by atoms with Crippen molar-refractivity contribution >= 4 is 47.7 Å². The number of aliphatic hydroxyl groups is 3. The van der Waals surface area contributed by atoms with Gasteiger partial charge in [-0.05, 0) is 44.5 Å². The van der Waals surface area contributed by atoms with Crippen LogP contribution in [0.1, 0.15) is 17.5 Å². The summed E-state index contributed by atoms with van der Waals surface area (Å²) in [7, 11) is 2.98. The lowest BCUT2D eigenvalue weighted by Gasteiger charge is -2.50. The van der Waals surface area contributed by atoms with Gasteiger partial charge in [0.25, 0.3) is 5.91 Å². The molecule has 0 spiro atoms. The topological polar surface area (TPSA) is 190 Å². The van der Waals surface area contributed by atoms with Crippen molar-refractivity contribution in [2.45, 2.75) is 24.5 Å². The summed E-state index contributed by atoms with van der Waals surface area (Å²) in [4.78, 5) is 50.7. The number of aromatic hydroxyl groups is 1. The van der Waals surface area contributed by atoms with E-state index < -0.39 is 75.3 Å². The molecule has 4 rings (SSSR count). The summed E-state index contributed by atoms with van der Waals surface area (Å²) < 4.78 is 14.5. The molecule has 0 bridgehead atoms. The van der Waals surface area contributed by atoms with Gasteiger partial charge in [0.05, 0.1) is 11.6 Å². The zero-order valence-corrected chi connectivity index (χ0v) is 19.4. The van der Waals surface area contributed by atoms with E-state index in [1.165, 1.54) is 19.0 Å². The number of hydrogen-bond acceptors (Lipinski definition) is 9. The van der Waals surface area contributed by atoms with E-state index in [9.17, 15) is 44.0 Å². The fraction of sp³-hybridized carbons (Fsp3) is 0.364. The Kier molecular flexibility index (Phi) is 6.44. The molecule has 0 aliphatic heterocycles. The quantitative estimate of drug-likeness (QED) is 0.185. The Balaban J connectivity index is 0.00000342. The monoisotopic (exact) mass is 511 g/mol. The van der Waals surface area contributed by atoms with Crippen LogP contribution in [0.5, 0.6) is 5.75 Å². The zero-order chi connectivity index (χ0) is 25.3. The van der Waals surface area contributed by atoms with Gasteiger partial charge in [-0.15, -0.1) is 12.4 Å². The molecule has 3 aliphatic rings. The smallest absolute Gasteiger partial charge is 0.255 e. The average molecular weight is 512 g/mol. The number of fused-ring (bicyclic) bond motifs is 3. The lowest BCUT2D eigenvalue weighted by Crippen LogP contribution is -2.65. The van der Waals surface area contributed by atoms with Crippen LogP contribution in [-0.2, 0) is 25.6 Å². The fourth-order valence-electron chi connectivity index (χ4n) is 5.46.